The Kier molecular flexibility index (Phi) is 2.90. The largest absolute Gasteiger partial charge is 0.382 e. The molecule has 76 valence electrons. The maximum absolute atomic E-state index is 10.8. The lowest BCUT2D eigenvalue weighted by Crippen LogP contribution is -2.07. The second kappa shape index (κ2) is 3.79. The molecule has 1 aromatic carbocycles. The molecule has 1 aromatic rings. The summed E-state index contributed by atoms with van der Waals surface area (Å²) in [6, 6.07) is 4.70. The van der Waals surface area contributed by atoms with E-state index in [1.54, 1.807) is 19.1 Å². The average Bonchev–Trinajstić information content (AvgIpc) is 2.06. The Balaban J connectivity index is 3.15. The summed E-state index contributed by atoms with van der Waals surface area (Å²) in [5.74, 6) is 0.0631. The number of rotatable bonds is 3. The SMILES string of the molecule is Cc1ccc(OS(C)(=O)=O)c(C=O)c1. The highest BCUT2D eigenvalue weighted by molar-refractivity contribution is 7.86. The van der Waals surface area contributed by atoms with Crippen molar-refractivity contribution in [1.29, 1.82) is 0 Å². The van der Waals surface area contributed by atoms with Gasteiger partial charge in [-0.25, -0.2) is 0 Å². The van der Waals surface area contributed by atoms with Gasteiger partial charge in [0.05, 0.1) is 11.8 Å². The Morgan fingerprint density at radius 3 is 2.50 bits per heavy atom. The summed E-state index contributed by atoms with van der Waals surface area (Å²) in [6.45, 7) is 1.80. The standard InChI is InChI=1S/C9H10O4S/c1-7-3-4-9(8(5-7)6-10)13-14(2,11)12/h3-6H,1-2H3. The van der Waals surface area contributed by atoms with Crippen molar-refractivity contribution < 1.29 is 17.4 Å². The normalized spacial score (nSPS) is 11.0. The molecule has 0 fully saturated rings. The van der Waals surface area contributed by atoms with E-state index in [0.29, 0.717) is 6.29 Å². The van der Waals surface area contributed by atoms with Gasteiger partial charge in [-0.2, -0.15) is 8.42 Å². The summed E-state index contributed by atoms with van der Waals surface area (Å²) in [7, 11) is -3.58. The summed E-state index contributed by atoms with van der Waals surface area (Å²) in [6.07, 6.45) is 1.49. The van der Waals surface area contributed by atoms with Gasteiger partial charge in [-0.1, -0.05) is 11.6 Å². The van der Waals surface area contributed by atoms with Crippen molar-refractivity contribution in [2.45, 2.75) is 6.92 Å². The van der Waals surface area contributed by atoms with Crippen LogP contribution in [0.3, 0.4) is 0 Å². The fraction of sp³-hybridized carbons (Fsp3) is 0.222. The molecule has 0 saturated carbocycles. The van der Waals surface area contributed by atoms with Crippen LogP contribution in [0, 0.1) is 6.92 Å². The second-order valence-electron chi connectivity index (χ2n) is 2.95. The van der Waals surface area contributed by atoms with E-state index in [2.05, 4.69) is 4.18 Å². The number of benzene rings is 1. The fourth-order valence-electron chi connectivity index (χ4n) is 0.999. The number of carbonyl (C=O) groups excluding carboxylic acids is 1. The first-order valence-electron chi connectivity index (χ1n) is 3.87. The molecule has 14 heavy (non-hydrogen) atoms. The van der Waals surface area contributed by atoms with Crippen LogP contribution in [0.5, 0.6) is 5.75 Å². The van der Waals surface area contributed by atoms with Crippen LogP contribution >= 0.6 is 0 Å². The van der Waals surface area contributed by atoms with Crippen LogP contribution < -0.4 is 4.18 Å². The minimum absolute atomic E-state index is 0.0631. The van der Waals surface area contributed by atoms with Crippen molar-refractivity contribution in [3.8, 4) is 5.75 Å². The number of aldehydes is 1. The van der Waals surface area contributed by atoms with Crippen LogP contribution in [0.4, 0.5) is 0 Å². The molecule has 0 unspecified atom stereocenters. The summed E-state index contributed by atoms with van der Waals surface area (Å²) < 4.78 is 26.3. The average molecular weight is 214 g/mol. The van der Waals surface area contributed by atoms with Gasteiger partial charge in [-0.3, -0.25) is 4.79 Å². The second-order valence-corrected chi connectivity index (χ2v) is 4.52. The smallest absolute Gasteiger partial charge is 0.306 e. The fourth-order valence-corrected chi connectivity index (χ4v) is 1.48. The van der Waals surface area contributed by atoms with Crippen molar-refractivity contribution in [3.05, 3.63) is 29.3 Å². The van der Waals surface area contributed by atoms with Gasteiger partial charge in [-0.05, 0) is 19.1 Å². The Morgan fingerprint density at radius 2 is 2.00 bits per heavy atom. The lowest BCUT2D eigenvalue weighted by molar-refractivity contribution is 0.112. The Labute approximate surface area is 82.6 Å². The highest BCUT2D eigenvalue weighted by Crippen LogP contribution is 2.19. The maximum atomic E-state index is 10.8. The first kappa shape index (κ1) is 10.7. The van der Waals surface area contributed by atoms with Gasteiger partial charge in [0.1, 0.15) is 0 Å². The van der Waals surface area contributed by atoms with Gasteiger partial charge in [0, 0.05) is 0 Å². The molecule has 4 nitrogen and oxygen atoms in total. The van der Waals surface area contributed by atoms with E-state index in [0.717, 1.165) is 11.8 Å². The molecule has 0 heterocycles. The zero-order valence-electron chi connectivity index (χ0n) is 7.85. The summed E-state index contributed by atoms with van der Waals surface area (Å²) in [5, 5.41) is 0. The van der Waals surface area contributed by atoms with E-state index in [1.807, 2.05) is 0 Å². The summed E-state index contributed by atoms with van der Waals surface area (Å²) in [5.41, 5.74) is 1.10. The molecule has 0 amide bonds. The molecule has 0 atom stereocenters. The predicted octanol–water partition coefficient (Wildman–Crippen LogP) is 1.15. The van der Waals surface area contributed by atoms with E-state index in [4.69, 9.17) is 0 Å². The van der Waals surface area contributed by atoms with E-state index >= 15 is 0 Å². The minimum atomic E-state index is -3.58. The number of hydrogen-bond acceptors (Lipinski definition) is 4. The van der Waals surface area contributed by atoms with Crippen LogP contribution in [-0.4, -0.2) is 21.0 Å². The van der Waals surface area contributed by atoms with Crippen LogP contribution in [0.15, 0.2) is 18.2 Å². The molecular weight excluding hydrogens is 204 g/mol. The van der Waals surface area contributed by atoms with Gasteiger partial charge in [0.25, 0.3) is 0 Å². The van der Waals surface area contributed by atoms with Crippen LogP contribution in [0.1, 0.15) is 15.9 Å². The van der Waals surface area contributed by atoms with Gasteiger partial charge >= 0.3 is 10.1 Å². The molecule has 1 rings (SSSR count). The first-order valence-corrected chi connectivity index (χ1v) is 5.69. The quantitative estimate of drug-likeness (QED) is 0.559. The van der Waals surface area contributed by atoms with Crippen molar-refractivity contribution in [1.82, 2.24) is 0 Å². The molecular formula is C9H10O4S. The van der Waals surface area contributed by atoms with Gasteiger partial charge in [-0.15, -0.1) is 0 Å². The van der Waals surface area contributed by atoms with Crippen molar-refractivity contribution in [2.75, 3.05) is 6.26 Å². The highest BCUT2D eigenvalue weighted by Gasteiger charge is 2.08. The highest BCUT2D eigenvalue weighted by atomic mass is 32.2. The molecule has 0 bridgehead atoms. The molecule has 0 spiro atoms. The molecule has 0 aromatic heterocycles. The van der Waals surface area contributed by atoms with Crippen LogP contribution in [-0.2, 0) is 10.1 Å². The third-order valence-electron chi connectivity index (χ3n) is 1.53. The zero-order chi connectivity index (χ0) is 10.8. The van der Waals surface area contributed by atoms with E-state index in [1.165, 1.54) is 6.07 Å². The lowest BCUT2D eigenvalue weighted by Gasteiger charge is -2.05. The molecule has 0 N–H and O–H groups in total. The first-order chi connectivity index (χ1) is 6.42. The van der Waals surface area contributed by atoms with Crippen molar-refractivity contribution >= 4 is 16.4 Å². The molecule has 0 aliphatic rings. The Bertz CT molecular complexity index is 448. The van der Waals surface area contributed by atoms with E-state index < -0.39 is 10.1 Å². The van der Waals surface area contributed by atoms with E-state index in [-0.39, 0.29) is 11.3 Å². The van der Waals surface area contributed by atoms with Crippen molar-refractivity contribution in [2.24, 2.45) is 0 Å². The monoisotopic (exact) mass is 214 g/mol. The molecule has 0 saturated heterocycles. The Hall–Kier alpha value is -1.36. The van der Waals surface area contributed by atoms with Gasteiger partial charge in [0.15, 0.2) is 12.0 Å². The van der Waals surface area contributed by atoms with Crippen molar-refractivity contribution in [3.63, 3.8) is 0 Å². The third-order valence-corrected chi connectivity index (χ3v) is 2.02. The molecule has 0 radical (unpaired) electrons. The predicted molar refractivity (Wildman–Crippen MR) is 52.0 cm³/mol. The summed E-state index contributed by atoms with van der Waals surface area (Å²) in [4.78, 5) is 10.6. The van der Waals surface area contributed by atoms with Crippen LogP contribution in [0.2, 0.25) is 0 Å². The molecule has 0 aliphatic heterocycles. The van der Waals surface area contributed by atoms with Crippen LogP contribution in [0.25, 0.3) is 0 Å². The van der Waals surface area contributed by atoms with Gasteiger partial charge < -0.3 is 4.18 Å². The molecule has 0 aliphatic carbocycles. The van der Waals surface area contributed by atoms with Gasteiger partial charge in [0.2, 0.25) is 0 Å². The summed E-state index contributed by atoms with van der Waals surface area (Å²) >= 11 is 0. The Morgan fingerprint density at radius 1 is 1.36 bits per heavy atom. The maximum Gasteiger partial charge on any atom is 0.306 e. The number of aryl methyl sites for hydroxylation is 1. The number of carbonyl (C=O) groups is 1. The van der Waals surface area contributed by atoms with E-state index in [9.17, 15) is 13.2 Å². The topological polar surface area (TPSA) is 60.4 Å². The lowest BCUT2D eigenvalue weighted by atomic mass is 10.1. The minimum Gasteiger partial charge on any atom is -0.382 e. The number of hydrogen-bond donors (Lipinski definition) is 0. The zero-order valence-corrected chi connectivity index (χ0v) is 8.67. The molecule has 5 heteroatoms. The third kappa shape index (κ3) is 2.85.